The molecule has 2 N–H and O–H groups in total. The Kier molecular flexibility index (Phi) is 5.71. The lowest BCUT2D eigenvalue weighted by atomic mass is 9.99. The van der Waals surface area contributed by atoms with E-state index in [0.29, 0.717) is 5.92 Å². The van der Waals surface area contributed by atoms with Crippen LogP contribution >= 0.6 is 0 Å². The average Bonchev–Trinajstić information content (AvgIpc) is 2.44. The van der Waals surface area contributed by atoms with Crippen molar-refractivity contribution in [3.05, 3.63) is 29.8 Å². The zero-order valence-electron chi connectivity index (χ0n) is 12.0. The molecule has 0 radical (unpaired) electrons. The van der Waals surface area contributed by atoms with Gasteiger partial charge in [-0.2, -0.15) is 0 Å². The number of nitrogens with one attached hydrogen (secondary N) is 1. The number of hydrogen-bond donors (Lipinski definition) is 2. The van der Waals surface area contributed by atoms with Gasteiger partial charge in [0, 0.05) is 6.54 Å². The lowest BCUT2D eigenvalue weighted by Gasteiger charge is -2.12. The third-order valence-corrected chi connectivity index (χ3v) is 4.81. The third kappa shape index (κ3) is 4.31. The van der Waals surface area contributed by atoms with Gasteiger partial charge < -0.3 is 5.11 Å². The first-order chi connectivity index (χ1) is 9.27. The number of aliphatic carboxylic acids is 1. The maximum absolute atomic E-state index is 12.0. The van der Waals surface area contributed by atoms with Gasteiger partial charge in [-0.3, -0.25) is 4.79 Å². The van der Waals surface area contributed by atoms with E-state index in [0.717, 1.165) is 12.0 Å². The summed E-state index contributed by atoms with van der Waals surface area (Å²) < 4.78 is 26.3. The van der Waals surface area contributed by atoms with Crippen molar-refractivity contribution >= 4 is 16.0 Å². The molecule has 1 rings (SSSR count). The Morgan fingerprint density at radius 3 is 2.25 bits per heavy atom. The van der Waals surface area contributed by atoms with Crippen molar-refractivity contribution in [2.75, 3.05) is 6.54 Å². The van der Waals surface area contributed by atoms with E-state index in [2.05, 4.69) is 18.6 Å². The molecule has 112 valence electrons. The molecule has 2 atom stereocenters. The van der Waals surface area contributed by atoms with Gasteiger partial charge in [0.25, 0.3) is 0 Å². The summed E-state index contributed by atoms with van der Waals surface area (Å²) in [7, 11) is -3.65. The lowest BCUT2D eigenvalue weighted by molar-refractivity contribution is -0.140. The zero-order valence-corrected chi connectivity index (χ0v) is 12.8. The highest BCUT2D eigenvalue weighted by Gasteiger charge is 2.18. The first kappa shape index (κ1) is 16.7. The third-order valence-electron chi connectivity index (χ3n) is 3.37. The number of hydrogen-bond acceptors (Lipinski definition) is 3. The van der Waals surface area contributed by atoms with E-state index in [1.165, 1.54) is 6.92 Å². The average molecular weight is 299 g/mol. The van der Waals surface area contributed by atoms with Crippen LogP contribution in [0.3, 0.4) is 0 Å². The van der Waals surface area contributed by atoms with Crippen molar-refractivity contribution in [3.63, 3.8) is 0 Å². The molecule has 0 heterocycles. The smallest absolute Gasteiger partial charge is 0.307 e. The summed E-state index contributed by atoms with van der Waals surface area (Å²) in [6.07, 6.45) is 0.987. The Morgan fingerprint density at radius 2 is 1.80 bits per heavy atom. The topological polar surface area (TPSA) is 83.5 Å². The Labute approximate surface area is 120 Å². The summed E-state index contributed by atoms with van der Waals surface area (Å²) in [5.74, 6) is -1.41. The van der Waals surface area contributed by atoms with Crippen molar-refractivity contribution in [3.8, 4) is 0 Å². The van der Waals surface area contributed by atoms with Gasteiger partial charge in [-0.1, -0.05) is 32.9 Å². The van der Waals surface area contributed by atoms with E-state index in [1.54, 1.807) is 24.3 Å². The van der Waals surface area contributed by atoms with Crippen molar-refractivity contribution in [1.82, 2.24) is 4.72 Å². The molecular weight excluding hydrogens is 278 g/mol. The molecule has 0 saturated heterocycles. The van der Waals surface area contributed by atoms with Gasteiger partial charge >= 0.3 is 5.97 Å². The van der Waals surface area contributed by atoms with E-state index in [1.807, 2.05) is 0 Å². The fourth-order valence-corrected chi connectivity index (χ4v) is 2.75. The monoisotopic (exact) mass is 299 g/mol. The van der Waals surface area contributed by atoms with Crippen LogP contribution in [0.2, 0.25) is 0 Å². The van der Waals surface area contributed by atoms with E-state index in [4.69, 9.17) is 5.11 Å². The maximum atomic E-state index is 12.0. The largest absolute Gasteiger partial charge is 0.481 e. The highest BCUT2D eigenvalue weighted by molar-refractivity contribution is 7.89. The second-order valence-corrected chi connectivity index (χ2v) is 6.74. The second-order valence-electron chi connectivity index (χ2n) is 4.97. The number of carbonyl (C=O) groups is 1. The molecule has 0 bridgehead atoms. The van der Waals surface area contributed by atoms with Crippen molar-refractivity contribution in [1.29, 1.82) is 0 Å². The Balaban J connectivity index is 2.80. The maximum Gasteiger partial charge on any atom is 0.307 e. The van der Waals surface area contributed by atoms with Gasteiger partial charge in [-0.15, -0.1) is 0 Å². The van der Waals surface area contributed by atoms with Gasteiger partial charge in [-0.25, -0.2) is 13.1 Å². The predicted molar refractivity (Wildman–Crippen MR) is 77.1 cm³/mol. The van der Waals surface area contributed by atoms with Gasteiger partial charge in [0.2, 0.25) is 10.0 Å². The van der Waals surface area contributed by atoms with E-state index in [9.17, 15) is 13.2 Å². The number of carboxylic acid groups (broad SMARTS) is 1. The van der Waals surface area contributed by atoms with E-state index in [-0.39, 0.29) is 11.4 Å². The van der Waals surface area contributed by atoms with E-state index >= 15 is 0 Å². The predicted octanol–water partition coefficient (Wildman–Crippen LogP) is 2.20. The van der Waals surface area contributed by atoms with Crippen LogP contribution in [0.4, 0.5) is 0 Å². The number of sulfonamides is 1. The minimum absolute atomic E-state index is 0.120. The highest BCUT2D eigenvalue weighted by Crippen LogP contribution is 2.20. The summed E-state index contributed by atoms with van der Waals surface area (Å²) in [5.41, 5.74) is 1.09. The molecule has 0 spiro atoms. The molecule has 5 nitrogen and oxygen atoms in total. The Bertz CT molecular complexity index is 551. The molecule has 0 unspecified atom stereocenters. The summed E-state index contributed by atoms with van der Waals surface area (Å²) in [6.45, 7) is 5.49. The second kappa shape index (κ2) is 6.85. The van der Waals surface area contributed by atoms with Gasteiger partial charge in [0.05, 0.1) is 10.8 Å². The van der Waals surface area contributed by atoms with Crippen LogP contribution in [0.15, 0.2) is 29.2 Å². The fourth-order valence-electron chi connectivity index (χ4n) is 1.62. The Morgan fingerprint density at radius 1 is 1.25 bits per heavy atom. The minimum atomic E-state index is -3.65. The summed E-state index contributed by atoms with van der Waals surface area (Å²) in [5, 5.41) is 8.74. The van der Waals surface area contributed by atoms with Crippen LogP contribution in [0, 0.1) is 5.92 Å². The van der Waals surface area contributed by atoms with E-state index < -0.39 is 21.9 Å². The number of benzene rings is 1. The molecule has 0 saturated carbocycles. The van der Waals surface area contributed by atoms with Crippen LogP contribution in [-0.4, -0.2) is 26.0 Å². The molecule has 0 fully saturated rings. The quantitative estimate of drug-likeness (QED) is 0.808. The summed E-state index contributed by atoms with van der Waals surface area (Å²) >= 11 is 0. The fraction of sp³-hybridized carbons (Fsp3) is 0.500. The van der Waals surface area contributed by atoms with Crippen LogP contribution in [0.5, 0.6) is 0 Å². The lowest BCUT2D eigenvalue weighted by Crippen LogP contribution is -2.31. The SMILES string of the molecule is CC[C@H](C)c1ccc(S(=O)(=O)NC[C@H](C)C(=O)O)cc1. The molecule has 0 aliphatic rings. The molecular formula is C14H21NO4S. The van der Waals surface area contributed by atoms with Crippen LogP contribution in [0.1, 0.15) is 38.7 Å². The Hall–Kier alpha value is -1.40. The molecule has 0 aliphatic heterocycles. The summed E-state index contributed by atoms with van der Waals surface area (Å²) in [6, 6.07) is 6.69. The molecule has 20 heavy (non-hydrogen) atoms. The van der Waals surface area contributed by atoms with Crippen molar-refractivity contribution in [2.45, 2.75) is 38.0 Å². The van der Waals surface area contributed by atoms with Crippen molar-refractivity contribution in [2.24, 2.45) is 5.92 Å². The van der Waals surface area contributed by atoms with Crippen LogP contribution in [0.25, 0.3) is 0 Å². The minimum Gasteiger partial charge on any atom is -0.481 e. The van der Waals surface area contributed by atoms with Gasteiger partial charge in [-0.05, 0) is 30.0 Å². The molecule has 6 heteroatoms. The zero-order chi connectivity index (χ0) is 15.3. The number of carboxylic acids is 1. The number of rotatable bonds is 7. The highest BCUT2D eigenvalue weighted by atomic mass is 32.2. The molecule has 0 aromatic heterocycles. The van der Waals surface area contributed by atoms with Crippen LogP contribution in [-0.2, 0) is 14.8 Å². The van der Waals surface area contributed by atoms with Gasteiger partial charge in [0.1, 0.15) is 0 Å². The first-order valence-corrected chi connectivity index (χ1v) is 8.08. The summed E-state index contributed by atoms with van der Waals surface area (Å²) in [4.78, 5) is 10.8. The van der Waals surface area contributed by atoms with Crippen LogP contribution < -0.4 is 4.72 Å². The molecule has 0 amide bonds. The first-order valence-electron chi connectivity index (χ1n) is 6.60. The normalized spacial score (nSPS) is 14.8. The molecule has 1 aromatic rings. The molecule has 0 aliphatic carbocycles. The van der Waals surface area contributed by atoms with Gasteiger partial charge in [0.15, 0.2) is 0 Å². The molecule has 1 aromatic carbocycles. The van der Waals surface area contributed by atoms with Crippen molar-refractivity contribution < 1.29 is 18.3 Å². The standard InChI is InChI=1S/C14H21NO4S/c1-4-10(2)12-5-7-13(8-6-12)20(18,19)15-9-11(3)14(16)17/h5-8,10-11,15H,4,9H2,1-3H3,(H,16,17)/t10-,11-/m0/s1.